The number of benzene rings is 2. The molecular formula is C14H14O7. The van der Waals surface area contributed by atoms with Gasteiger partial charge in [0.25, 0.3) is 0 Å². The largest absolute Gasteiger partial charge is 0.506 e. The summed E-state index contributed by atoms with van der Waals surface area (Å²) in [6.07, 6.45) is 0. The van der Waals surface area contributed by atoms with E-state index < -0.39 is 23.2 Å². The second-order valence-electron chi connectivity index (χ2n) is 4.17. The molecule has 0 bridgehead atoms. The van der Waals surface area contributed by atoms with Crippen molar-refractivity contribution in [2.75, 3.05) is 21.3 Å². The lowest BCUT2D eigenvalue weighted by Gasteiger charge is -2.14. The molecule has 0 aliphatic carbocycles. The second-order valence-corrected chi connectivity index (χ2v) is 4.17. The van der Waals surface area contributed by atoms with Crippen LogP contribution in [0.2, 0.25) is 0 Å². The van der Waals surface area contributed by atoms with Gasteiger partial charge in [0.1, 0.15) is 17.1 Å². The summed E-state index contributed by atoms with van der Waals surface area (Å²) < 4.78 is 14.6. The van der Waals surface area contributed by atoms with Crippen molar-refractivity contribution in [2.24, 2.45) is 0 Å². The first-order chi connectivity index (χ1) is 9.96. The maximum absolute atomic E-state index is 11.7. The molecule has 112 valence electrons. The van der Waals surface area contributed by atoms with Crippen molar-refractivity contribution in [2.45, 2.75) is 0 Å². The molecule has 0 aromatic heterocycles. The van der Waals surface area contributed by atoms with Crippen LogP contribution < -0.4 is 9.47 Å². The molecule has 2 rings (SSSR count). The summed E-state index contributed by atoms with van der Waals surface area (Å²) in [6, 6.07) is 2.66. The van der Waals surface area contributed by atoms with Gasteiger partial charge in [-0.25, -0.2) is 4.79 Å². The zero-order valence-corrected chi connectivity index (χ0v) is 11.6. The fraction of sp³-hybridized carbons (Fsp3) is 0.214. The molecule has 0 fully saturated rings. The molecule has 21 heavy (non-hydrogen) atoms. The summed E-state index contributed by atoms with van der Waals surface area (Å²) in [7, 11) is 3.84. The molecule has 0 unspecified atom stereocenters. The van der Waals surface area contributed by atoms with Crippen molar-refractivity contribution in [3.05, 3.63) is 17.7 Å². The maximum atomic E-state index is 11.7. The van der Waals surface area contributed by atoms with Crippen molar-refractivity contribution in [1.82, 2.24) is 0 Å². The van der Waals surface area contributed by atoms with Gasteiger partial charge in [0.2, 0.25) is 5.75 Å². The van der Waals surface area contributed by atoms with E-state index >= 15 is 0 Å². The highest BCUT2D eigenvalue weighted by Gasteiger charge is 2.24. The predicted molar refractivity (Wildman–Crippen MR) is 73.4 cm³/mol. The molecule has 0 amide bonds. The monoisotopic (exact) mass is 294 g/mol. The second kappa shape index (κ2) is 5.28. The highest BCUT2D eigenvalue weighted by atomic mass is 16.5. The van der Waals surface area contributed by atoms with E-state index in [1.165, 1.54) is 26.4 Å². The fourth-order valence-electron chi connectivity index (χ4n) is 2.07. The number of methoxy groups -OCH3 is 3. The number of ether oxygens (including phenoxy) is 3. The number of esters is 1. The van der Waals surface area contributed by atoms with Crippen LogP contribution in [0, 0.1) is 0 Å². The molecule has 0 aliphatic heterocycles. The Morgan fingerprint density at radius 1 is 0.905 bits per heavy atom. The lowest BCUT2D eigenvalue weighted by Crippen LogP contribution is -2.03. The van der Waals surface area contributed by atoms with Gasteiger partial charge in [0, 0.05) is 5.39 Å². The first kappa shape index (κ1) is 14.6. The van der Waals surface area contributed by atoms with E-state index in [0.717, 1.165) is 7.11 Å². The third kappa shape index (κ3) is 2.12. The van der Waals surface area contributed by atoms with Gasteiger partial charge < -0.3 is 29.5 Å². The number of aromatic hydroxyl groups is 3. The smallest absolute Gasteiger partial charge is 0.341 e. The van der Waals surface area contributed by atoms with Crippen molar-refractivity contribution in [1.29, 1.82) is 0 Å². The summed E-state index contributed by atoms with van der Waals surface area (Å²) in [5.41, 5.74) is -0.193. The van der Waals surface area contributed by atoms with Crippen LogP contribution in [-0.2, 0) is 4.74 Å². The summed E-state index contributed by atoms with van der Waals surface area (Å²) in [5, 5.41) is 30.2. The SMILES string of the molecule is COC(=O)c1cc(OC)c2cc(OC)c(O)c(O)c2c1O. The van der Waals surface area contributed by atoms with Crippen LogP contribution in [0.25, 0.3) is 10.8 Å². The topological polar surface area (TPSA) is 105 Å². The first-order valence-electron chi connectivity index (χ1n) is 5.87. The standard InChI is InChI=1S/C14H14O7/c1-19-8-5-7(14(18)21-3)11(15)10-6(8)4-9(20-2)12(16)13(10)17/h4-5,15-17H,1-3H3. The number of rotatable bonds is 3. The van der Waals surface area contributed by atoms with Crippen LogP contribution in [0.4, 0.5) is 0 Å². The van der Waals surface area contributed by atoms with Crippen LogP contribution in [0.1, 0.15) is 10.4 Å². The molecule has 0 radical (unpaired) electrons. The van der Waals surface area contributed by atoms with Gasteiger partial charge in [-0.15, -0.1) is 0 Å². The Bertz CT molecular complexity index is 721. The van der Waals surface area contributed by atoms with Gasteiger partial charge in [0.05, 0.1) is 26.7 Å². The molecule has 7 nitrogen and oxygen atoms in total. The van der Waals surface area contributed by atoms with Gasteiger partial charge in [0.15, 0.2) is 11.5 Å². The molecule has 3 N–H and O–H groups in total. The first-order valence-corrected chi connectivity index (χ1v) is 5.87. The maximum Gasteiger partial charge on any atom is 0.341 e. The summed E-state index contributed by atoms with van der Waals surface area (Å²) in [4.78, 5) is 11.7. The van der Waals surface area contributed by atoms with Crippen LogP contribution >= 0.6 is 0 Å². The van der Waals surface area contributed by atoms with Gasteiger partial charge in [-0.3, -0.25) is 0 Å². The number of carbonyl (C=O) groups is 1. The molecule has 0 saturated carbocycles. The Morgan fingerprint density at radius 3 is 2.05 bits per heavy atom. The van der Waals surface area contributed by atoms with E-state index in [-0.39, 0.29) is 27.8 Å². The average Bonchev–Trinajstić information content (AvgIpc) is 2.49. The Balaban J connectivity index is 2.96. The number of hydrogen-bond acceptors (Lipinski definition) is 7. The summed E-state index contributed by atoms with van der Waals surface area (Å²) in [6.45, 7) is 0. The van der Waals surface area contributed by atoms with E-state index in [2.05, 4.69) is 4.74 Å². The Hall–Kier alpha value is -2.83. The third-order valence-electron chi connectivity index (χ3n) is 3.12. The number of fused-ring (bicyclic) bond motifs is 1. The summed E-state index contributed by atoms with van der Waals surface area (Å²) >= 11 is 0. The number of hydrogen-bond donors (Lipinski definition) is 3. The van der Waals surface area contributed by atoms with E-state index in [0.29, 0.717) is 0 Å². The molecule has 2 aromatic rings. The molecule has 2 aromatic carbocycles. The van der Waals surface area contributed by atoms with E-state index in [1.807, 2.05) is 0 Å². The predicted octanol–water partition coefficient (Wildman–Crippen LogP) is 1.76. The molecular weight excluding hydrogens is 280 g/mol. The van der Waals surface area contributed by atoms with Gasteiger partial charge in [-0.2, -0.15) is 0 Å². The van der Waals surface area contributed by atoms with E-state index in [1.54, 1.807) is 0 Å². The van der Waals surface area contributed by atoms with Crippen molar-refractivity contribution in [3.8, 4) is 28.7 Å². The van der Waals surface area contributed by atoms with Crippen molar-refractivity contribution >= 4 is 16.7 Å². The van der Waals surface area contributed by atoms with Gasteiger partial charge in [-0.1, -0.05) is 0 Å². The Labute approximate surface area is 119 Å². The Kier molecular flexibility index (Phi) is 3.66. The van der Waals surface area contributed by atoms with Crippen molar-refractivity contribution < 1.29 is 34.3 Å². The lowest BCUT2D eigenvalue weighted by atomic mass is 10.0. The normalized spacial score (nSPS) is 10.4. The van der Waals surface area contributed by atoms with Crippen LogP contribution in [0.3, 0.4) is 0 Å². The zero-order chi connectivity index (χ0) is 15.7. The van der Waals surface area contributed by atoms with E-state index in [4.69, 9.17) is 9.47 Å². The minimum absolute atomic E-state index is 0.00326. The molecule has 0 spiro atoms. The number of phenolic OH excluding ortho intramolecular Hbond substituents is 3. The average molecular weight is 294 g/mol. The molecule has 0 atom stereocenters. The summed E-state index contributed by atoms with van der Waals surface area (Å²) in [5.74, 6) is -2.29. The van der Waals surface area contributed by atoms with Crippen LogP contribution in [0.5, 0.6) is 28.7 Å². The molecule has 0 aliphatic rings. The van der Waals surface area contributed by atoms with Gasteiger partial charge in [-0.05, 0) is 12.1 Å². The quantitative estimate of drug-likeness (QED) is 0.585. The van der Waals surface area contributed by atoms with E-state index in [9.17, 15) is 20.1 Å². The zero-order valence-electron chi connectivity index (χ0n) is 11.6. The highest BCUT2D eigenvalue weighted by Crippen LogP contribution is 2.49. The van der Waals surface area contributed by atoms with Gasteiger partial charge >= 0.3 is 5.97 Å². The Morgan fingerprint density at radius 2 is 1.52 bits per heavy atom. The molecule has 7 heteroatoms. The molecule has 0 saturated heterocycles. The molecule has 0 heterocycles. The highest BCUT2D eigenvalue weighted by molar-refractivity contribution is 6.07. The lowest BCUT2D eigenvalue weighted by molar-refractivity contribution is 0.0597. The fourth-order valence-corrected chi connectivity index (χ4v) is 2.07. The minimum Gasteiger partial charge on any atom is -0.506 e. The van der Waals surface area contributed by atoms with Crippen LogP contribution in [-0.4, -0.2) is 42.6 Å². The van der Waals surface area contributed by atoms with Crippen LogP contribution in [0.15, 0.2) is 12.1 Å². The van der Waals surface area contributed by atoms with Crippen molar-refractivity contribution in [3.63, 3.8) is 0 Å². The third-order valence-corrected chi connectivity index (χ3v) is 3.12. The number of carbonyl (C=O) groups excluding carboxylic acids is 1. The minimum atomic E-state index is -0.803. The number of phenols is 3.